The maximum Gasteiger partial charge on any atom is 0.303 e. The molecule has 3 N–H and O–H groups in total. The molecule has 0 heterocycles. The minimum atomic E-state index is -0.806. The van der Waals surface area contributed by atoms with Gasteiger partial charge in [-0.3, -0.25) is 9.59 Å². The van der Waals surface area contributed by atoms with E-state index in [4.69, 9.17) is 9.84 Å². The molecule has 0 fully saturated rings. The number of carbonyl (C=O) groups excluding carboxylic acids is 1. The number of rotatable bonds is 8. The van der Waals surface area contributed by atoms with Crippen LogP contribution in [0.2, 0.25) is 0 Å². The average Bonchev–Trinajstić information content (AvgIpc) is 2.44. The number of phenolic OH excluding ortho intramolecular Hbond substituents is 1. The minimum Gasteiger partial charge on any atom is -0.504 e. The van der Waals surface area contributed by atoms with Crippen LogP contribution in [-0.2, 0) is 4.79 Å². The van der Waals surface area contributed by atoms with Crippen molar-refractivity contribution < 1.29 is 24.5 Å². The van der Waals surface area contributed by atoms with Crippen LogP contribution in [0.3, 0.4) is 0 Å². The largest absolute Gasteiger partial charge is 0.504 e. The van der Waals surface area contributed by atoms with E-state index in [9.17, 15) is 14.7 Å². The predicted octanol–water partition coefficient (Wildman–Crippen LogP) is 2.02. The van der Waals surface area contributed by atoms with E-state index in [2.05, 4.69) is 5.32 Å². The van der Waals surface area contributed by atoms with Gasteiger partial charge < -0.3 is 20.3 Å². The highest BCUT2D eigenvalue weighted by atomic mass is 16.5. The van der Waals surface area contributed by atoms with Crippen LogP contribution in [0.15, 0.2) is 18.2 Å². The maximum absolute atomic E-state index is 11.9. The van der Waals surface area contributed by atoms with Gasteiger partial charge in [-0.2, -0.15) is 0 Å². The molecule has 1 atom stereocenters. The Bertz CT molecular complexity index is 501. The van der Waals surface area contributed by atoms with E-state index in [1.165, 1.54) is 19.2 Å². The smallest absolute Gasteiger partial charge is 0.303 e. The Labute approximate surface area is 123 Å². The van der Waals surface area contributed by atoms with Crippen molar-refractivity contribution in [2.24, 2.45) is 5.92 Å². The summed E-state index contributed by atoms with van der Waals surface area (Å²) in [5.74, 6) is -0.627. The zero-order valence-corrected chi connectivity index (χ0v) is 12.3. The summed E-state index contributed by atoms with van der Waals surface area (Å²) >= 11 is 0. The summed E-state index contributed by atoms with van der Waals surface area (Å²) in [5.41, 5.74) is 0.353. The van der Waals surface area contributed by atoms with Crippen LogP contribution in [0.5, 0.6) is 11.5 Å². The van der Waals surface area contributed by atoms with E-state index < -0.39 is 5.97 Å². The molecule has 0 radical (unpaired) electrons. The number of carboxylic acids is 1. The summed E-state index contributed by atoms with van der Waals surface area (Å²) in [6.45, 7) is 2.42. The lowest BCUT2D eigenvalue weighted by Gasteiger charge is -2.11. The van der Waals surface area contributed by atoms with Gasteiger partial charge in [0.05, 0.1) is 7.11 Å². The number of hydrogen-bond acceptors (Lipinski definition) is 4. The number of hydrogen-bond donors (Lipinski definition) is 3. The minimum absolute atomic E-state index is 0.0834. The van der Waals surface area contributed by atoms with Gasteiger partial charge in [0.15, 0.2) is 11.5 Å². The molecule has 0 aromatic heterocycles. The van der Waals surface area contributed by atoms with Crippen LogP contribution in [0.25, 0.3) is 0 Å². The molecule has 0 aliphatic heterocycles. The van der Waals surface area contributed by atoms with Gasteiger partial charge in [0.2, 0.25) is 0 Å². The molecule has 6 nitrogen and oxygen atoms in total. The van der Waals surface area contributed by atoms with E-state index in [0.29, 0.717) is 30.7 Å². The highest BCUT2D eigenvalue weighted by Crippen LogP contribution is 2.26. The fourth-order valence-electron chi connectivity index (χ4n) is 1.88. The first kappa shape index (κ1) is 16.8. The van der Waals surface area contributed by atoms with Crippen molar-refractivity contribution in [2.75, 3.05) is 13.7 Å². The molecule has 0 saturated heterocycles. The molecule has 116 valence electrons. The van der Waals surface area contributed by atoms with Gasteiger partial charge in [0.25, 0.3) is 5.91 Å². The van der Waals surface area contributed by atoms with Crippen molar-refractivity contribution in [1.82, 2.24) is 5.32 Å². The van der Waals surface area contributed by atoms with E-state index in [-0.39, 0.29) is 24.0 Å². The molecule has 0 saturated carbocycles. The summed E-state index contributed by atoms with van der Waals surface area (Å²) in [6, 6.07) is 4.45. The zero-order chi connectivity index (χ0) is 15.8. The van der Waals surface area contributed by atoms with Crippen molar-refractivity contribution in [2.45, 2.75) is 26.2 Å². The Morgan fingerprint density at radius 2 is 2.05 bits per heavy atom. The van der Waals surface area contributed by atoms with Gasteiger partial charge in [-0.1, -0.05) is 6.92 Å². The van der Waals surface area contributed by atoms with E-state index in [1.54, 1.807) is 6.07 Å². The first-order valence-corrected chi connectivity index (χ1v) is 6.81. The molecule has 0 aliphatic carbocycles. The van der Waals surface area contributed by atoms with Gasteiger partial charge in [0.1, 0.15) is 0 Å². The molecule has 0 aliphatic rings. The molecule has 1 aromatic rings. The Kier molecular flexibility index (Phi) is 6.52. The lowest BCUT2D eigenvalue weighted by Crippen LogP contribution is -2.25. The first-order valence-electron chi connectivity index (χ1n) is 6.81. The number of carboxylic acid groups (broad SMARTS) is 1. The van der Waals surface area contributed by atoms with Crippen LogP contribution in [0, 0.1) is 5.92 Å². The van der Waals surface area contributed by atoms with Gasteiger partial charge in [-0.25, -0.2) is 0 Å². The number of carbonyl (C=O) groups is 2. The lowest BCUT2D eigenvalue weighted by molar-refractivity contribution is -0.137. The summed E-state index contributed by atoms with van der Waals surface area (Å²) in [5, 5.41) is 20.9. The number of aromatic hydroxyl groups is 1. The summed E-state index contributed by atoms with van der Waals surface area (Å²) in [7, 11) is 1.44. The topological polar surface area (TPSA) is 95.9 Å². The molecule has 21 heavy (non-hydrogen) atoms. The van der Waals surface area contributed by atoms with Crippen LogP contribution in [0.1, 0.15) is 36.5 Å². The summed E-state index contributed by atoms with van der Waals surface area (Å²) in [4.78, 5) is 22.3. The first-order chi connectivity index (χ1) is 9.93. The third-order valence-electron chi connectivity index (χ3n) is 3.21. The van der Waals surface area contributed by atoms with Gasteiger partial charge >= 0.3 is 5.97 Å². The van der Waals surface area contributed by atoms with Crippen LogP contribution >= 0.6 is 0 Å². The molecule has 1 amide bonds. The molecule has 1 unspecified atom stereocenters. The van der Waals surface area contributed by atoms with Crippen LogP contribution in [-0.4, -0.2) is 35.7 Å². The van der Waals surface area contributed by atoms with E-state index >= 15 is 0 Å². The Hall–Kier alpha value is -2.24. The highest BCUT2D eigenvalue weighted by Gasteiger charge is 2.10. The standard InChI is InChI=1S/C15H21NO5/c1-10(3-6-14(18)19)7-8-16-15(20)11-4-5-13(21-2)12(17)9-11/h4-5,9-10,17H,3,6-8H2,1-2H3,(H,16,20)(H,18,19). The predicted molar refractivity (Wildman–Crippen MR) is 77.6 cm³/mol. The molecular weight excluding hydrogens is 274 g/mol. The Morgan fingerprint density at radius 1 is 1.33 bits per heavy atom. The van der Waals surface area contributed by atoms with Crippen molar-refractivity contribution in [3.8, 4) is 11.5 Å². The van der Waals surface area contributed by atoms with Crippen LogP contribution < -0.4 is 10.1 Å². The number of ether oxygens (including phenoxy) is 1. The second kappa shape index (κ2) is 8.14. The Morgan fingerprint density at radius 3 is 2.62 bits per heavy atom. The third-order valence-corrected chi connectivity index (χ3v) is 3.21. The number of methoxy groups -OCH3 is 1. The molecule has 6 heteroatoms. The van der Waals surface area contributed by atoms with Crippen molar-refractivity contribution in [3.05, 3.63) is 23.8 Å². The number of amides is 1. The molecule has 0 spiro atoms. The van der Waals surface area contributed by atoms with Crippen LogP contribution in [0.4, 0.5) is 0 Å². The lowest BCUT2D eigenvalue weighted by atomic mass is 10.0. The molecule has 1 rings (SSSR count). The Balaban J connectivity index is 2.40. The molecule has 1 aromatic carbocycles. The average molecular weight is 295 g/mol. The normalized spacial score (nSPS) is 11.7. The number of aliphatic carboxylic acids is 1. The second-order valence-corrected chi connectivity index (χ2v) is 4.97. The van der Waals surface area contributed by atoms with Crippen molar-refractivity contribution in [1.29, 1.82) is 0 Å². The van der Waals surface area contributed by atoms with Gasteiger partial charge in [0, 0.05) is 18.5 Å². The quantitative estimate of drug-likeness (QED) is 0.682. The monoisotopic (exact) mass is 295 g/mol. The zero-order valence-electron chi connectivity index (χ0n) is 12.3. The summed E-state index contributed by atoms with van der Waals surface area (Å²) < 4.78 is 4.91. The van der Waals surface area contributed by atoms with Gasteiger partial charge in [-0.05, 0) is 37.0 Å². The third kappa shape index (κ3) is 5.72. The second-order valence-electron chi connectivity index (χ2n) is 4.97. The fraction of sp³-hybridized carbons (Fsp3) is 0.467. The van der Waals surface area contributed by atoms with Gasteiger partial charge in [-0.15, -0.1) is 0 Å². The fourth-order valence-corrected chi connectivity index (χ4v) is 1.88. The van der Waals surface area contributed by atoms with Crippen molar-refractivity contribution in [3.63, 3.8) is 0 Å². The number of nitrogens with one attached hydrogen (secondary N) is 1. The van der Waals surface area contributed by atoms with Crippen molar-refractivity contribution >= 4 is 11.9 Å². The van der Waals surface area contributed by atoms with E-state index in [0.717, 1.165) is 0 Å². The highest BCUT2D eigenvalue weighted by molar-refractivity contribution is 5.94. The molecular formula is C15H21NO5. The number of phenols is 1. The maximum atomic E-state index is 11.9. The SMILES string of the molecule is COc1ccc(C(=O)NCCC(C)CCC(=O)O)cc1O. The molecule has 0 bridgehead atoms. The number of benzene rings is 1. The van der Waals surface area contributed by atoms with E-state index in [1.807, 2.05) is 6.92 Å². The summed E-state index contributed by atoms with van der Waals surface area (Å²) in [6.07, 6.45) is 1.44.